The number of hydrogen-bond donors (Lipinski definition) is 1. The van der Waals surface area contributed by atoms with Crippen molar-refractivity contribution in [2.75, 3.05) is 20.2 Å². The third-order valence-electron chi connectivity index (χ3n) is 3.20. The summed E-state index contributed by atoms with van der Waals surface area (Å²) >= 11 is 0. The van der Waals surface area contributed by atoms with E-state index >= 15 is 0 Å². The van der Waals surface area contributed by atoms with E-state index in [0.717, 1.165) is 12.2 Å². The molecular weight excluding hydrogens is 264 g/mol. The molecule has 4 heteroatoms. The molecule has 1 atom stereocenters. The number of nitrogens with two attached hydrogens (primary N) is 1. The summed E-state index contributed by atoms with van der Waals surface area (Å²) in [4.78, 5) is 14.1. The second-order valence-electron chi connectivity index (χ2n) is 6.71. The molecule has 0 aromatic heterocycles. The smallest absolute Gasteiger partial charge is 0.239 e. The standard InChI is InChI=1S/C17H28N2O2/c1-13(18)16(20)19(12-17(2,3)4)11-10-14-6-8-15(21-5)9-7-14/h6-9,13H,10-12,18H2,1-5H3/t13-/m1/s1. The molecule has 0 aliphatic carbocycles. The first-order valence-electron chi connectivity index (χ1n) is 7.40. The van der Waals surface area contributed by atoms with Crippen LogP contribution in [-0.2, 0) is 11.2 Å². The van der Waals surface area contributed by atoms with Crippen LogP contribution in [0.4, 0.5) is 0 Å². The monoisotopic (exact) mass is 292 g/mol. The van der Waals surface area contributed by atoms with Gasteiger partial charge in [-0.25, -0.2) is 0 Å². The van der Waals surface area contributed by atoms with Gasteiger partial charge in [0.25, 0.3) is 0 Å². The normalized spacial score (nSPS) is 12.9. The van der Waals surface area contributed by atoms with Crippen LogP contribution in [0.3, 0.4) is 0 Å². The molecule has 21 heavy (non-hydrogen) atoms. The molecular formula is C17H28N2O2. The molecule has 0 saturated heterocycles. The maximum atomic E-state index is 12.2. The van der Waals surface area contributed by atoms with Gasteiger partial charge in [0.05, 0.1) is 13.2 Å². The fourth-order valence-corrected chi connectivity index (χ4v) is 2.18. The van der Waals surface area contributed by atoms with Crippen LogP contribution in [0.5, 0.6) is 5.75 Å². The third-order valence-corrected chi connectivity index (χ3v) is 3.20. The first kappa shape index (κ1) is 17.5. The molecule has 0 saturated carbocycles. The summed E-state index contributed by atoms with van der Waals surface area (Å²) in [6.45, 7) is 9.52. The van der Waals surface area contributed by atoms with Crippen LogP contribution >= 0.6 is 0 Å². The molecule has 1 rings (SSSR count). The van der Waals surface area contributed by atoms with Crippen molar-refractivity contribution in [3.8, 4) is 5.75 Å². The van der Waals surface area contributed by atoms with Crippen molar-refractivity contribution < 1.29 is 9.53 Å². The summed E-state index contributed by atoms with van der Waals surface area (Å²) in [5.41, 5.74) is 7.00. The Kier molecular flexibility index (Phi) is 6.21. The second kappa shape index (κ2) is 7.46. The van der Waals surface area contributed by atoms with Crippen molar-refractivity contribution in [3.63, 3.8) is 0 Å². The van der Waals surface area contributed by atoms with Gasteiger partial charge >= 0.3 is 0 Å². The molecule has 1 aromatic rings. The number of methoxy groups -OCH3 is 1. The molecule has 0 aliphatic heterocycles. The lowest BCUT2D eigenvalue weighted by atomic mass is 9.95. The van der Waals surface area contributed by atoms with Crippen molar-refractivity contribution in [2.24, 2.45) is 11.1 Å². The Morgan fingerprint density at radius 1 is 1.29 bits per heavy atom. The summed E-state index contributed by atoms with van der Waals surface area (Å²) in [6, 6.07) is 7.49. The van der Waals surface area contributed by atoms with Crippen molar-refractivity contribution in [2.45, 2.75) is 40.2 Å². The number of benzene rings is 1. The minimum Gasteiger partial charge on any atom is -0.497 e. The summed E-state index contributed by atoms with van der Waals surface area (Å²) in [5.74, 6) is 0.857. The molecule has 0 bridgehead atoms. The topological polar surface area (TPSA) is 55.6 Å². The minimum atomic E-state index is -0.455. The number of amides is 1. The SMILES string of the molecule is COc1ccc(CCN(CC(C)(C)C)C(=O)[C@@H](C)N)cc1. The van der Waals surface area contributed by atoms with Crippen molar-refractivity contribution in [3.05, 3.63) is 29.8 Å². The van der Waals surface area contributed by atoms with E-state index in [1.165, 1.54) is 5.56 Å². The van der Waals surface area contributed by atoms with Crippen molar-refractivity contribution in [1.82, 2.24) is 4.90 Å². The molecule has 0 spiro atoms. The van der Waals surface area contributed by atoms with E-state index in [2.05, 4.69) is 20.8 Å². The predicted molar refractivity (Wildman–Crippen MR) is 86.4 cm³/mol. The van der Waals surface area contributed by atoms with Crippen molar-refractivity contribution >= 4 is 5.91 Å². The number of hydrogen-bond acceptors (Lipinski definition) is 3. The Labute approximate surface area is 128 Å². The zero-order valence-electron chi connectivity index (χ0n) is 13.8. The van der Waals surface area contributed by atoms with Crippen LogP contribution in [0.15, 0.2) is 24.3 Å². The summed E-state index contributed by atoms with van der Waals surface area (Å²) < 4.78 is 5.15. The molecule has 1 aromatic carbocycles. The first-order chi connectivity index (χ1) is 9.73. The fraction of sp³-hybridized carbons (Fsp3) is 0.588. The minimum absolute atomic E-state index is 0.0124. The number of carbonyl (C=O) groups is 1. The van der Waals surface area contributed by atoms with E-state index in [4.69, 9.17) is 10.5 Å². The van der Waals surface area contributed by atoms with Gasteiger partial charge in [-0.1, -0.05) is 32.9 Å². The van der Waals surface area contributed by atoms with Gasteiger partial charge in [0, 0.05) is 13.1 Å². The Hall–Kier alpha value is -1.55. The molecule has 2 N–H and O–H groups in total. The lowest BCUT2D eigenvalue weighted by Crippen LogP contribution is -2.46. The van der Waals surface area contributed by atoms with Crippen LogP contribution in [-0.4, -0.2) is 37.0 Å². The lowest BCUT2D eigenvalue weighted by molar-refractivity contribution is -0.133. The van der Waals surface area contributed by atoms with Crippen LogP contribution < -0.4 is 10.5 Å². The molecule has 0 fully saturated rings. The Morgan fingerprint density at radius 2 is 1.86 bits per heavy atom. The largest absolute Gasteiger partial charge is 0.497 e. The van der Waals surface area contributed by atoms with Gasteiger partial charge in [-0.05, 0) is 36.5 Å². The predicted octanol–water partition coefficient (Wildman–Crippen LogP) is 2.46. The first-order valence-corrected chi connectivity index (χ1v) is 7.40. The Bertz CT molecular complexity index is 447. The summed E-state index contributed by atoms with van der Waals surface area (Å²) in [6.07, 6.45) is 0.818. The van der Waals surface area contributed by atoms with Gasteiger partial charge in [-0.15, -0.1) is 0 Å². The summed E-state index contributed by atoms with van der Waals surface area (Å²) in [5, 5.41) is 0. The van der Waals surface area contributed by atoms with Gasteiger partial charge in [-0.3, -0.25) is 4.79 Å². The number of ether oxygens (including phenoxy) is 1. The molecule has 0 radical (unpaired) electrons. The Morgan fingerprint density at radius 3 is 2.29 bits per heavy atom. The fourth-order valence-electron chi connectivity index (χ4n) is 2.18. The quantitative estimate of drug-likeness (QED) is 0.876. The zero-order chi connectivity index (χ0) is 16.0. The number of rotatable bonds is 6. The molecule has 0 unspecified atom stereocenters. The maximum Gasteiger partial charge on any atom is 0.239 e. The van der Waals surface area contributed by atoms with Gasteiger partial charge in [-0.2, -0.15) is 0 Å². The highest BCUT2D eigenvalue weighted by Gasteiger charge is 2.22. The van der Waals surface area contributed by atoms with Crippen LogP contribution in [0, 0.1) is 5.41 Å². The highest BCUT2D eigenvalue weighted by molar-refractivity contribution is 5.81. The second-order valence-corrected chi connectivity index (χ2v) is 6.71. The highest BCUT2D eigenvalue weighted by atomic mass is 16.5. The molecule has 1 amide bonds. The zero-order valence-corrected chi connectivity index (χ0v) is 13.8. The molecule has 4 nitrogen and oxygen atoms in total. The van der Waals surface area contributed by atoms with Crippen LogP contribution in [0.25, 0.3) is 0 Å². The van der Waals surface area contributed by atoms with E-state index in [-0.39, 0.29) is 11.3 Å². The molecule has 118 valence electrons. The molecule has 0 aliphatic rings. The maximum absolute atomic E-state index is 12.2. The van der Waals surface area contributed by atoms with Crippen molar-refractivity contribution in [1.29, 1.82) is 0 Å². The Balaban J connectivity index is 2.69. The van der Waals surface area contributed by atoms with Gasteiger partial charge in [0.2, 0.25) is 5.91 Å². The average molecular weight is 292 g/mol. The summed E-state index contributed by atoms with van der Waals surface area (Å²) in [7, 11) is 1.65. The highest BCUT2D eigenvalue weighted by Crippen LogP contribution is 2.17. The van der Waals surface area contributed by atoms with Crippen LogP contribution in [0.1, 0.15) is 33.3 Å². The van der Waals surface area contributed by atoms with Crippen LogP contribution in [0.2, 0.25) is 0 Å². The lowest BCUT2D eigenvalue weighted by Gasteiger charge is -2.31. The number of carbonyl (C=O) groups excluding carboxylic acids is 1. The van der Waals surface area contributed by atoms with Gasteiger partial charge in [0.1, 0.15) is 5.75 Å². The van der Waals surface area contributed by atoms with E-state index in [0.29, 0.717) is 13.1 Å². The van der Waals surface area contributed by atoms with E-state index in [9.17, 15) is 4.79 Å². The van der Waals surface area contributed by atoms with Gasteiger partial charge in [0.15, 0.2) is 0 Å². The van der Waals surface area contributed by atoms with E-state index in [1.54, 1.807) is 14.0 Å². The van der Waals surface area contributed by atoms with Gasteiger partial charge < -0.3 is 15.4 Å². The van der Waals surface area contributed by atoms with E-state index < -0.39 is 6.04 Å². The van der Waals surface area contributed by atoms with E-state index in [1.807, 2.05) is 29.2 Å². The average Bonchev–Trinajstić information content (AvgIpc) is 2.41. The molecule has 0 heterocycles. The third kappa shape index (κ3) is 6.17. The number of nitrogens with zero attached hydrogens (tertiary/aromatic N) is 1.